The summed E-state index contributed by atoms with van der Waals surface area (Å²) in [5, 5.41) is 4.89. The Morgan fingerprint density at radius 1 is 1.45 bits per heavy atom. The highest BCUT2D eigenvalue weighted by Crippen LogP contribution is 2.32. The highest BCUT2D eigenvalue weighted by Gasteiger charge is 2.22. The topological polar surface area (TPSA) is 34.2 Å². The molecule has 1 aromatic heterocycles. The van der Waals surface area contributed by atoms with Crippen LogP contribution < -0.4 is 5.32 Å². The van der Waals surface area contributed by atoms with Crippen LogP contribution in [0.1, 0.15) is 62.2 Å². The van der Waals surface area contributed by atoms with E-state index in [9.17, 15) is 0 Å². The first-order valence-corrected chi connectivity index (χ1v) is 8.48. The maximum Gasteiger partial charge on any atom is 0.0985 e. The summed E-state index contributed by atoms with van der Waals surface area (Å²) in [6, 6.07) is 0.394. The van der Waals surface area contributed by atoms with Gasteiger partial charge in [0.15, 0.2) is 0 Å². The second-order valence-corrected chi connectivity index (χ2v) is 7.94. The van der Waals surface area contributed by atoms with E-state index in [1.54, 1.807) is 0 Å². The molecule has 1 N–H and O–H groups in total. The number of nitrogens with one attached hydrogen (secondary N) is 1. The number of nitrogens with zero attached hydrogens (tertiary/aromatic N) is 1. The van der Waals surface area contributed by atoms with Crippen LogP contribution in [0.4, 0.5) is 0 Å². The summed E-state index contributed by atoms with van der Waals surface area (Å²) < 4.78 is 5.42. The van der Waals surface area contributed by atoms with Crippen LogP contribution in [-0.4, -0.2) is 24.7 Å². The highest BCUT2D eigenvalue weighted by molar-refractivity contribution is 7.12. The van der Waals surface area contributed by atoms with E-state index in [0.717, 1.165) is 25.7 Å². The summed E-state index contributed by atoms with van der Waals surface area (Å²) in [6.07, 6.45) is 2.44. The zero-order valence-corrected chi connectivity index (χ0v) is 14.3. The van der Waals surface area contributed by atoms with Gasteiger partial charge in [-0.2, -0.15) is 0 Å². The van der Waals surface area contributed by atoms with Gasteiger partial charge in [-0.15, -0.1) is 11.3 Å². The molecule has 0 saturated carbocycles. The first-order chi connectivity index (χ1) is 9.38. The fourth-order valence-electron chi connectivity index (χ4n) is 2.54. The van der Waals surface area contributed by atoms with Gasteiger partial charge in [-0.05, 0) is 39.2 Å². The predicted octanol–water partition coefficient (Wildman–Crippen LogP) is 3.83. The Morgan fingerprint density at radius 2 is 2.20 bits per heavy atom. The van der Waals surface area contributed by atoms with E-state index >= 15 is 0 Å². The Hall–Kier alpha value is -0.450. The van der Waals surface area contributed by atoms with E-state index in [-0.39, 0.29) is 5.41 Å². The maximum atomic E-state index is 5.42. The van der Waals surface area contributed by atoms with Gasteiger partial charge in [0.05, 0.1) is 10.7 Å². The number of rotatable bonds is 5. The monoisotopic (exact) mass is 296 g/mol. The Kier molecular flexibility index (Phi) is 5.21. The molecule has 1 aromatic rings. The van der Waals surface area contributed by atoms with Crippen molar-refractivity contribution in [2.24, 2.45) is 5.92 Å². The minimum absolute atomic E-state index is 0.147. The number of hydrogen-bond donors (Lipinski definition) is 1. The van der Waals surface area contributed by atoms with E-state index in [1.807, 2.05) is 11.3 Å². The van der Waals surface area contributed by atoms with Crippen LogP contribution in [0.25, 0.3) is 0 Å². The van der Waals surface area contributed by atoms with E-state index in [4.69, 9.17) is 9.72 Å². The SMILES string of the molecule is Cc1nc(C(C)(C)C)sc1C(C)NCCC1CCOC1. The molecule has 0 bridgehead atoms. The minimum atomic E-state index is 0.147. The van der Waals surface area contributed by atoms with Crippen LogP contribution in [0.3, 0.4) is 0 Å². The van der Waals surface area contributed by atoms with Crippen molar-refractivity contribution in [1.29, 1.82) is 0 Å². The molecule has 1 fully saturated rings. The molecular formula is C16H28N2OS. The third kappa shape index (κ3) is 4.03. The van der Waals surface area contributed by atoms with Gasteiger partial charge in [0.2, 0.25) is 0 Å². The first-order valence-electron chi connectivity index (χ1n) is 7.67. The minimum Gasteiger partial charge on any atom is -0.381 e. The molecule has 0 radical (unpaired) electrons. The lowest BCUT2D eigenvalue weighted by molar-refractivity contribution is 0.184. The van der Waals surface area contributed by atoms with Crippen LogP contribution in [0, 0.1) is 12.8 Å². The van der Waals surface area contributed by atoms with Crippen LogP contribution in [0.15, 0.2) is 0 Å². The fraction of sp³-hybridized carbons (Fsp3) is 0.812. The average molecular weight is 296 g/mol. The molecule has 2 unspecified atom stereocenters. The summed E-state index contributed by atoms with van der Waals surface area (Å²) in [5.41, 5.74) is 1.33. The van der Waals surface area contributed by atoms with Crippen LogP contribution in [-0.2, 0) is 10.2 Å². The Bertz CT molecular complexity index is 430. The summed E-state index contributed by atoms with van der Waals surface area (Å²) in [4.78, 5) is 6.13. The molecule has 4 heteroatoms. The predicted molar refractivity (Wildman–Crippen MR) is 85.5 cm³/mol. The van der Waals surface area contributed by atoms with Gasteiger partial charge >= 0.3 is 0 Å². The summed E-state index contributed by atoms with van der Waals surface area (Å²) in [7, 11) is 0. The van der Waals surface area contributed by atoms with Crippen molar-refractivity contribution < 1.29 is 4.74 Å². The molecular weight excluding hydrogens is 268 g/mol. The zero-order chi connectivity index (χ0) is 14.8. The van der Waals surface area contributed by atoms with Crippen molar-refractivity contribution in [3.8, 4) is 0 Å². The molecule has 2 rings (SSSR count). The van der Waals surface area contributed by atoms with Gasteiger partial charge in [0.25, 0.3) is 0 Å². The van der Waals surface area contributed by atoms with E-state index in [0.29, 0.717) is 6.04 Å². The average Bonchev–Trinajstić information content (AvgIpc) is 2.97. The molecule has 1 aliphatic heterocycles. The van der Waals surface area contributed by atoms with E-state index < -0.39 is 0 Å². The second kappa shape index (κ2) is 6.54. The highest BCUT2D eigenvalue weighted by atomic mass is 32.1. The Balaban J connectivity index is 1.88. The largest absolute Gasteiger partial charge is 0.381 e. The smallest absolute Gasteiger partial charge is 0.0985 e. The standard InChI is InChI=1S/C16H28N2OS/c1-11(17-8-6-13-7-9-19-10-13)14-12(2)18-15(20-14)16(3,4)5/h11,13,17H,6-10H2,1-5H3. The second-order valence-electron chi connectivity index (χ2n) is 6.91. The molecule has 1 saturated heterocycles. The van der Waals surface area contributed by atoms with E-state index in [2.05, 4.69) is 39.9 Å². The fourth-order valence-corrected chi connectivity index (χ4v) is 3.69. The Labute approximate surface area is 127 Å². The van der Waals surface area contributed by atoms with Crippen LogP contribution in [0.5, 0.6) is 0 Å². The maximum absolute atomic E-state index is 5.42. The summed E-state index contributed by atoms with van der Waals surface area (Å²) >= 11 is 1.86. The quantitative estimate of drug-likeness (QED) is 0.896. The Morgan fingerprint density at radius 3 is 2.75 bits per heavy atom. The van der Waals surface area contributed by atoms with Crippen molar-refractivity contribution in [2.45, 2.75) is 58.9 Å². The van der Waals surface area contributed by atoms with Gasteiger partial charge < -0.3 is 10.1 Å². The molecule has 0 aromatic carbocycles. The molecule has 20 heavy (non-hydrogen) atoms. The van der Waals surface area contributed by atoms with Gasteiger partial charge in [-0.3, -0.25) is 0 Å². The lowest BCUT2D eigenvalue weighted by atomic mass is 9.98. The van der Waals surface area contributed by atoms with Crippen molar-refractivity contribution >= 4 is 11.3 Å². The van der Waals surface area contributed by atoms with Crippen molar-refractivity contribution in [3.05, 3.63) is 15.6 Å². The molecule has 2 heterocycles. The lowest BCUT2D eigenvalue weighted by Gasteiger charge is -2.15. The third-order valence-electron chi connectivity index (χ3n) is 3.89. The van der Waals surface area contributed by atoms with E-state index in [1.165, 1.54) is 28.4 Å². The van der Waals surface area contributed by atoms with Gasteiger partial charge in [-0.1, -0.05) is 20.8 Å². The molecule has 2 atom stereocenters. The molecule has 0 aliphatic carbocycles. The number of hydrogen-bond acceptors (Lipinski definition) is 4. The molecule has 1 aliphatic rings. The normalized spacial score (nSPS) is 21.4. The number of aryl methyl sites for hydroxylation is 1. The van der Waals surface area contributed by atoms with Crippen molar-refractivity contribution in [1.82, 2.24) is 10.3 Å². The van der Waals surface area contributed by atoms with Crippen LogP contribution >= 0.6 is 11.3 Å². The summed E-state index contributed by atoms with van der Waals surface area (Å²) in [6.45, 7) is 14.0. The van der Waals surface area contributed by atoms with Gasteiger partial charge in [0.1, 0.15) is 0 Å². The number of ether oxygens (including phenoxy) is 1. The molecule has 114 valence electrons. The molecule has 0 amide bonds. The lowest BCUT2D eigenvalue weighted by Crippen LogP contribution is -2.22. The van der Waals surface area contributed by atoms with Crippen molar-refractivity contribution in [2.75, 3.05) is 19.8 Å². The summed E-state index contributed by atoms with van der Waals surface area (Å²) in [5.74, 6) is 0.752. The van der Waals surface area contributed by atoms with Crippen molar-refractivity contribution in [3.63, 3.8) is 0 Å². The van der Waals surface area contributed by atoms with Gasteiger partial charge in [0, 0.05) is 29.5 Å². The number of aromatic nitrogens is 1. The molecule has 3 nitrogen and oxygen atoms in total. The zero-order valence-electron chi connectivity index (χ0n) is 13.5. The number of thiazole rings is 1. The van der Waals surface area contributed by atoms with Crippen LogP contribution in [0.2, 0.25) is 0 Å². The third-order valence-corrected chi connectivity index (χ3v) is 5.66. The first kappa shape index (κ1) is 15.9. The molecule has 0 spiro atoms. The van der Waals surface area contributed by atoms with Gasteiger partial charge in [-0.25, -0.2) is 4.98 Å².